The van der Waals surface area contributed by atoms with E-state index in [0.717, 1.165) is 66.2 Å². The third kappa shape index (κ3) is 4.10. The second-order valence-electron chi connectivity index (χ2n) is 11.1. The summed E-state index contributed by atoms with van der Waals surface area (Å²) in [6.45, 7) is 3.46. The summed E-state index contributed by atoms with van der Waals surface area (Å²) in [4.78, 5) is 41.3. The van der Waals surface area contributed by atoms with Gasteiger partial charge in [0, 0.05) is 46.2 Å². The Morgan fingerprint density at radius 3 is 2.67 bits per heavy atom. The number of nitrogens with one attached hydrogen (secondary N) is 2. The summed E-state index contributed by atoms with van der Waals surface area (Å²) in [7, 11) is 0. The van der Waals surface area contributed by atoms with Crippen LogP contribution in [0.3, 0.4) is 0 Å². The van der Waals surface area contributed by atoms with Crippen molar-refractivity contribution in [3.63, 3.8) is 0 Å². The zero-order valence-electron chi connectivity index (χ0n) is 21.6. The van der Waals surface area contributed by atoms with E-state index >= 15 is 0 Å². The molecule has 0 unspecified atom stereocenters. The summed E-state index contributed by atoms with van der Waals surface area (Å²) in [5.41, 5.74) is 5.49. The van der Waals surface area contributed by atoms with Crippen molar-refractivity contribution in [2.45, 2.75) is 50.2 Å². The number of benzene rings is 2. The zero-order chi connectivity index (χ0) is 27.6. The number of nitrogens with zero attached hydrogens (tertiary/aromatic N) is 3. The number of carbonyl (C=O) groups is 3. The van der Waals surface area contributed by atoms with Crippen LogP contribution in [0.5, 0.6) is 5.75 Å². The van der Waals surface area contributed by atoms with E-state index in [1.807, 2.05) is 30.5 Å². The highest BCUT2D eigenvalue weighted by Gasteiger charge is 2.47. The number of amides is 3. The molecule has 0 aliphatic carbocycles. The van der Waals surface area contributed by atoms with Crippen molar-refractivity contribution in [1.82, 2.24) is 25.3 Å². The van der Waals surface area contributed by atoms with Gasteiger partial charge in [-0.15, -0.1) is 0 Å². The fourth-order valence-electron chi connectivity index (χ4n) is 6.61. The van der Waals surface area contributed by atoms with Gasteiger partial charge in [0.25, 0.3) is 5.91 Å². The molecule has 2 aromatic carbocycles. The molecule has 0 radical (unpaired) electrons. The lowest BCUT2D eigenvalue weighted by atomic mass is 9.74. The number of ether oxygens (including phenoxy) is 1. The van der Waals surface area contributed by atoms with E-state index in [9.17, 15) is 14.4 Å². The third-order valence-electron chi connectivity index (χ3n) is 8.86. The number of aromatic nitrogens is 2. The van der Waals surface area contributed by atoms with Gasteiger partial charge < -0.3 is 9.64 Å². The van der Waals surface area contributed by atoms with E-state index in [2.05, 4.69) is 20.4 Å². The molecule has 0 saturated carbocycles. The van der Waals surface area contributed by atoms with Crippen molar-refractivity contribution in [2.75, 3.05) is 19.7 Å². The normalized spacial score (nSPS) is 21.9. The number of hydrogen-bond acceptors (Lipinski definition) is 6. The van der Waals surface area contributed by atoms with Crippen LogP contribution in [0.2, 0.25) is 10.0 Å². The lowest BCUT2D eigenvalue weighted by Crippen LogP contribution is -2.52. The van der Waals surface area contributed by atoms with Crippen LogP contribution in [0.25, 0.3) is 11.3 Å². The van der Waals surface area contributed by atoms with E-state index in [1.54, 1.807) is 11.0 Å². The minimum atomic E-state index is -0.636. The Kier molecular flexibility index (Phi) is 6.14. The van der Waals surface area contributed by atoms with E-state index in [1.165, 1.54) is 0 Å². The standard InChI is InChI=1S/C29H27Cl2N5O4/c30-21-4-1-16(11-22(21)31)25-17(12-32-34-25)13-35-9-7-29(8-10-35)15-40-26-19-14-36(23-5-6-24(37)33-27(23)38)28(39)18(19)2-3-20(26)29/h1-4,11-12,23H,5-10,13-15H2,(H,32,34)(H,33,37,38)/t23-/m0/s1. The minimum absolute atomic E-state index is 0.102. The Balaban J connectivity index is 1.06. The van der Waals surface area contributed by atoms with Crippen LogP contribution in [0.15, 0.2) is 36.5 Å². The van der Waals surface area contributed by atoms with Gasteiger partial charge in [-0.25, -0.2) is 0 Å². The topological polar surface area (TPSA) is 108 Å². The highest BCUT2D eigenvalue weighted by atomic mass is 35.5. The molecule has 4 aliphatic rings. The van der Waals surface area contributed by atoms with Crippen LogP contribution < -0.4 is 10.1 Å². The van der Waals surface area contributed by atoms with Gasteiger partial charge in [0.05, 0.1) is 35.1 Å². The molecule has 2 N–H and O–H groups in total. The van der Waals surface area contributed by atoms with Crippen molar-refractivity contribution in [1.29, 1.82) is 0 Å². The predicted molar refractivity (Wildman–Crippen MR) is 148 cm³/mol. The van der Waals surface area contributed by atoms with Crippen LogP contribution in [-0.4, -0.2) is 63.5 Å². The molecule has 11 heteroatoms. The molecule has 4 aliphatic heterocycles. The molecule has 7 rings (SSSR count). The van der Waals surface area contributed by atoms with Crippen LogP contribution >= 0.6 is 23.2 Å². The summed E-state index contributed by atoms with van der Waals surface area (Å²) in [6, 6.07) is 8.88. The average molecular weight is 580 g/mol. The van der Waals surface area contributed by atoms with E-state index in [-0.39, 0.29) is 23.7 Å². The van der Waals surface area contributed by atoms with Gasteiger partial charge in [0.1, 0.15) is 11.8 Å². The van der Waals surface area contributed by atoms with Crippen LogP contribution in [0, 0.1) is 0 Å². The maximum Gasteiger partial charge on any atom is 0.255 e. The molecule has 2 saturated heterocycles. The number of carbonyl (C=O) groups excluding carboxylic acids is 3. The van der Waals surface area contributed by atoms with Crippen molar-refractivity contribution in [2.24, 2.45) is 0 Å². The number of halogens is 2. The van der Waals surface area contributed by atoms with Gasteiger partial charge in [-0.3, -0.25) is 29.7 Å². The summed E-state index contributed by atoms with van der Waals surface area (Å²) < 4.78 is 6.31. The summed E-state index contributed by atoms with van der Waals surface area (Å²) in [5.74, 6) is -0.0737. The van der Waals surface area contributed by atoms with Gasteiger partial charge in [0.15, 0.2) is 0 Å². The monoisotopic (exact) mass is 579 g/mol. The van der Waals surface area contributed by atoms with Crippen LogP contribution in [0.1, 0.15) is 52.7 Å². The fraction of sp³-hybridized carbons (Fsp3) is 0.379. The van der Waals surface area contributed by atoms with E-state index in [4.69, 9.17) is 27.9 Å². The van der Waals surface area contributed by atoms with Gasteiger partial charge in [0.2, 0.25) is 11.8 Å². The molecular weight excluding hydrogens is 553 g/mol. The van der Waals surface area contributed by atoms with E-state index in [0.29, 0.717) is 35.2 Å². The smallest absolute Gasteiger partial charge is 0.255 e. The first-order valence-corrected chi connectivity index (χ1v) is 14.2. The quantitative estimate of drug-likeness (QED) is 0.451. The van der Waals surface area contributed by atoms with Gasteiger partial charge in [-0.2, -0.15) is 5.10 Å². The van der Waals surface area contributed by atoms with Crippen molar-refractivity contribution >= 4 is 40.9 Å². The average Bonchev–Trinajstić information content (AvgIpc) is 3.64. The summed E-state index contributed by atoms with van der Waals surface area (Å²) >= 11 is 12.3. The lowest BCUT2D eigenvalue weighted by Gasteiger charge is -2.38. The van der Waals surface area contributed by atoms with Crippen LogP contribution in [0.4, 0.5) is 0 Å². The van der Waals surface area contributed by atoms with Gasteiger partial charge in [-0.1, -0.05) is 35.3 Å². The zero-order valence-corrected chi connectivity index (χ0v) is 23.1. The first-order chi connectivity index (χ1) is 19.3. The fourth-order valence-corrected chi connectivity index (χ4v) is 6.91. The van der Waals surface area contributed by atoms with Crippen LogP contribution in [-0.2, 0) is 28.1 Å². The molecule has 3 amide bonds. The predicted octanol–water partition coefficient (Wildman–Crippen LogP) is 4.07. The molecule has 1 atom stereocenters. The molecule has 2 fully saturated rings. The number of aromatic amines is 1. The molecule has 40 heavy (non-hydrogen) atoms. The first-order valence-electron chi connectivity index (χ1n) is 13.5. The number of fused-ring (bicyclic) bond motifs is 4. The first kappa shape index (κ1) is 25.6. The second kappa shape index (κ2) is 9.61. The molecule has 9 nitrogen and oxygen atoms in total. The van der Waals surface area contributed by atoms with E-state index < -0.39 is 11.9 Å². The maximum atomic E-state index is 13.2. The number of imide groups is 1. The number of hydrogen-bond donors (Lipinski definition) is 2. The third-order valence-corrected chi connectivity index (χ3v) is 9.60. The van der Waals surface area contributed by atoms with Crippen molar-refractivity contribution in [3.8, 4) is 17.0 Å². The second-order valence-corrected chi connectivity index (χ2v) is 11.9. The Labute approximate surface area is 240 Å². The number of rotatable bonds is 4. The molecule has 1 aromatic heterocycles. The van der Waals surface area contributed by atoms with Crippen molar-refractivity contribution in [3.05, 3.63) is 68.8 Å². The molecule has 1 spiro atoms. The largest absolute Gasteiger partial charge is 0.492 e. The highest BCUT2D eigenvalue weighted by Crippen LogP contribution is 2.49. The Bertz CT molecular complexity index is 1560. The highest BCUT2D eigenvalue weighted by molar-refractivity contribution is 6.42. The molecule has 5 heterocycles. The van der Waals surface area contributed by atoms with Crippen molar-refractivity contribution < 1.29 is 19.1 Å². The number of piperidine rings is 2. The number of likely N-dealkylation sites (tertiary alicyclic amines) is 1. The molecule has 0 bridgehead atoms. The number of H-pyrrole nitrogens is 1. The van der Waals surface area contributed by atoms with Gasteiger partial charge >= 0.3 is 0 Å². The Morgan fingerprint density at radius 1 is 1.07 bits per heavy atom. The summed E-state index contributed by atoms with van der Waals surface area (Å²) in [5, 5.41) is 10.8. The minimum Gasteiger partial charge on any atom is -0.492 e. The Hall–Kier alpha value is -3.40. The molecular formula is C29H27Cl2N5O4. The summed E-state index contributed by atoms with van der Waals surface area (Å²) in [6.07, 6.45) is 4.31. The lowest BCUT2D eigenvalue weighted by molar-refractivity contribution is -0.136. The Morgan fingerprint density at radius 2 is 1.90 bits per heavy atom. The SMILES string of the molecule is O=C1CC[C@H](N2Cc3c(ccc4c3OCC43CCN(Cc4cn[nH]c4-c4ccc(Cl)c(Cl)c4)CC3)C2=O)C(=O)N1. The van der Waals surface area contributed by atoms with Gasteiger partial charge in [-0.05, 0) is 50.6 Å². The maximum absolute atomic E-state index is 13.2. The molecule has 206 valence electrons. The molecule has 3 aromatic rings.